The minimum atomic E-state index is 0.185. The van der Waals surface area contributed by atoms with E-state index in [0.717, 1.165) is 0 Å². The van der Waals surface area contributed by atoms with Crippen LogP contribution in [0.1, 0.15) is 5.01 Å². The van der Waals surface area contributed by atoms with Crippen LogP contribution in [0.5, 0.6) is 0 Å². The molecule has 0 unspecified atom stereocenters. The largest absolute Gasteiger partial charge is 0.390 e. The zero-order chi connectivity index (χ0) is 11.8. The molecule has 0 spiro atoms. The van der Waals surface area contributed by atoms with Gasteiger partial charge < -0.3 is 5.11 Å². The lowest BCUT2D eigenvalue weighted by Crippen LogP contribution is -2.36. The van der Waals surface area contributed by atoms with E-state index in [9.17, 15) is 0 Å². The van der Waals surface area contributed by atoms with Crippen LogP contribution in [0.3, 0.4) is 0 Å². The first-order valence-corrected chi connectivity index (χ1v) is 6.54. The van der Waals surface area contributed by atoms with Gasteiger partial charge in [0.05, 0.1) is 0 Å². The normalized spacial score (nSPS) is 11.4. The fourth-order valence-corrected chi connectivity index (χ4v) is 3.48. The van der Waals surface area contributed by atoms with Gasteiger partial charge in [-0.3, -0.25) is 0 Å². The summed E-state index contributed by atoms with van der Waals surface area (Å²) in [6.07, 6.45) is 0. The Morgan fingerprint density at radius 1 is 1.18 bits per heavy atom. The van der Waals surface area contributed by atoms with E-state index < -0.39 is 0 Å². The Hall–Kier alpha value is -1.45. The summed E-state index contributed by atoms with van der Waals surface area (Å²) >= 11 is 1.80. The van der Waals surface area contributed by atoms with Crippen molar-refractivity contribution < 1.29 is 9.67 Å². The molecule has 0 aliphatic heterocycles. The van der Waals surface area contributed by atoms with Gasteiger partial charge in [-0.15, -0.1) is 0 Å². The van der Waals surface area contributed by atoms with E-state index in [1.165, 1.54) is 26.0 Å². The molecule has 86 valence electrons. The molecule has 0 saturated carbocycles. The molecule has 0 bridgehead atoms. The van der Waals surface area contributed by atoms with E-state index in [-0.39, 0.29) is 6.61 Å². The van der Waals surface area contributed by atoms with Gasteiger partial charge >= 0.3 is 0 Å². The molecular formula is C14H14NOS+. The number of aryl methyl sites for hydroxylation is 1. The Morgan fingerprint density at radius 2 is 2.00 bits per heavy atom. The fourth-order valence-electron chi connectivity index (χ4n) is 2.30. The number of aliphatic hydroxyl groups is 1. The molecular weight excluding hydrogens is 230 g/mol. The summed E-state index contributed by atoms with van der Waals surface area (Å²) in [5.74, 6) is 0. The number of aliphatic hydroxyl groups excluding tert-OH is 1. The topological polar surface area (TPSA) is 24.1 Å². The van der Waals surface area contributed by atoms with Gasteiger partial charge in [-0.25, -0.2) is 0 Å². The van der Waals surface area contributed by atoms with Crippen LogP contribution in [0, 0.1) is 6.92 Å². The lowest BCUT2D eigenvalue weighted by atomic mass is 10.1. The Morgan fingerprint density at radius 3 is 2.82 bits per heavy atom. The molecule has 0 aliphatic rings. The van der Waals surface area contributed by atoms with Crippen LogP contribution < -0.4 is 4.57 Å². The lowest BCUT2D eigenvalue weighted by molar-refractivity contribution is -0.674. The predicted octanol–water partition coefficient (Wildman–Crippen LogP) is 2.64. The maximum absolute atomic E-state index is 9.12. The van der Waals surface area contributed by atoms with Gasteiger partial charge in [0.25, 0.3) is 0 Å². The first-order chi connectivity index (χ1) is 8.31. The van der Waals surface area contributed by atoms with Crippen molar-refractivity contribution in [1.29, 1.82) is 0 Å². The summed E-state index contributed by atoms with van der Waals surface area (Å²) < 4.78 is 3.50. The minimum Gasteiger partial charge on any atom is -0.390 e. The Labute approximate surface area is 104 Å². The van der Waals surface area contributed by atoms with Crippen LogP contribution in [0.15, 0.2) is 36.4 Å². The summed E-state index contributed by atoms with van der Waals surface area (Å²) in [4.78, 5) is 0. The number of hydrogen-bond donors (Lipinski definition) is 1. The van der Waals surface area contributed by atoms with Crippen LogP contribution in [-0.2, 0) is 6.54 Å². The van der Waals surface area contributed by atoms with E-state index in [1.54, 1.807) is 11.3 Å². The van der Waals surface area contributed by atoms with Crippen LogP contribution in [0.2, 0.25) is 0 Å². The highest BCUT2D eigenvalue weighted by Crippen LogP contribution is 2.28. The van der Waals surface area contributed by atoms with E-state index in [4.69, 9.17) is 5.11 Å². The average Bonchev–Trinajstić information content (AvgIpc) is 2.67. The van der Waals surface area contributed by atoms with Crippen LogP contribution in [-0.4, -0.2) is 11.7 Å². The number of rotatable bonds is 2. The Bertz CT molecular complexity index is 687. The van der Waals surface area contributed by atoms with Gasteiger partial charge in [0.15, 0.2) is 6.54 Å². The molecule has 0 fully saturated rings. The van der Waals surface area contributed by atoms with Crippen molar-refractivity contribution in [2.24, 2.45) is 0 Å². The second kappa shape index (κ2) is 4.09. The number of benzene rings is 2. The third-order valence-corrected chi connectivity index (χ3v) is 4.25. The highest BCUT2D eigenvalue weighted by molar-refractivity contribution is 7.19. The maximum Gasteiger partial charge on any atom is 0.235 e. The summed E-state index contributed by atoms with van der Waals surface area (Å²) in [6.45, 7) is 2.96. The van der Waals surface area contributed by atoms with Crippen molar-refractivity contribution in [3.63, 3.8) is 0 Å². The van der Waals surface area contributed by atoms with Gasteiger partial charge in [0, 0.05) is 18.4 Å². The average molecular weight is 244 g/mol. The molecule has 1 N–H and O–H groups in total. The number of fused-ring (bicyclic) bond motifs is 3. The molecule has 0 aliphatic carbocycles. The van der Waals surface area contributed by atoms with E-state index in [2.05, 4.69) is 47.9 Å². The number of nitrogens with zero attached hydrogens (tertiary/aromatic N) is 1. The third kappa shape index (κ3) is 1.63. The maximum atomic E-state index is 9.12. The zero-order valence-corrected chi connectivity index (χ0v) is 10.5. The molecule has 1 heterocycles. The summed E-state index contributed by atoms with van der Waals surface area (Å²) in [5.41, 5.74) is 1.22. The molecule has 0 radical (unpaired) electrons. The van der Waals surface area contributed by atoms with Crippen LogP contribution in [0.25, 0.3) is 21.0 Å². The highest BCUT2D eigenvalue weighted by atomic mass is 32.1. The molecule has 0 amide bonds. The smallest absolute Gasteiger partial charge is 0.235 e. The van der Waals surface area contributed by atoms with Crippen LogP contribution >= 0.6 is 11.3 Å². The standard InChI is InChI=1S/C14H14NOS/c1-10-15(8-9-16)13-7-6-11-4-2-3-5-12(11)14(13)17-10/h2-7,16H,8-9H2,1H3/q+1. The van der Waals surface area contributed by atoms with Crippen molar-refractivity contribution in [3.8, 4) is 0 Å². The molecule has 0 saturated heterocycles. The van der Waals surface area contributed by atoms with E-state index >= 15 is 0 Å². The van der Waals surface area contributed by atoms with Crippen molar-refractivity contribution in [2.75, 3.05) is 6.61 Å². The lowest BCUT2D eigenvalue weighted by Gasteiger charge is -1.97. The van der Waals surface area contributed by atoms with Crippen LogP contribution in [0.4, 0.5) is 0 Å². The Kier molecular flexibility index (Phi) is 2.57. The molecule has 3 heteroatoms. The first kappa shape index (κ1) is 10.7. The predicted molar refractivity (Wildman–Crippen MR) is 71.3 cm³/mol. The highest BCUT2D eigenvalue weighted by Gasteiger charge is 2.17. The molecule has 0 atom stereocenters. The second-order valence-corrected chi connectivity index (χ2v) is 5.33. The molecule has 2 nitrogen and oxygen atoms in total. The second-order valence-electron chi connectivity index (χ2n) is 4.13. The molecule has 3 aromatic rings. The first-order valence-electron chi connectivity index (χ1n) is 5.73. The molecule has 2 aromatic carbocycles. The number of thiazole rings is 1. The van der Waals surface area contributed by atoms with Crippen molar-refractivity contribution in [1.82, 2.24) is 0 Å². The molecule has 17 heavy (non-hydrogen) atoms. The monoisotopic (exact) mass is 244 g/mol. The molecule has 3 rings (SSSR count). The van der Waals surface area contributed by atoms with Crippen molar-refractivity contribution in [3.05, 3.63) is 41.4 Å². The van der Waals surface area contributed by atoms with Crippen molar-refractivity contribution in [2.45, 2.75) is 13.5 Å². The minimum absolute atomic E-state index is 0.185. The molecule has 1 aromatic heterocycles. The van der Waals surface area contributed by atoms with Crippen molar-refractivity contribution >= 4 is 32.3 Å². The zero-order valence-electron chi connectivity index (χ0n) is 9.68. The SMILES string of the molecule is Cc1sc2c3ccccc3ccc2[n+]1CCO. The van der Waals surface area contributed by atoms with Gasteiger partial charge in [0.1, 0.15) is 11.3 Å². The van der Waals surface area contributed by atoms with Gasteiger partial charge in [-0.2, -0.15) is 4.57 Å². The number of hydrogen-bond acceptors (Lipinski definition) is 2. The quantitative estimate of drug-likeness (QED) is 0.688. The summed E-state index contributed by atoms with van der Waals surface area (Å²) in [6, 6.07) is 12.7. The van der Waals surface area contributed by atoms with Gasteiger partial charge in [0.2, 0.25) is 10.5 Å². The van der Waals surface area contributed by atoms with E-state index in [1.807, 2.05) is 0 Å². The summed E-state index contributed by atoms with van der Waals surface area (Å²) in [7, 11) is 0. The third-order valence-electron chi connectivity index (χ3n) is 3.10. The summed E-state index contributed by atoms with van der Waals surface area (Å²) in [5, 5.41) is 12.9. The number of aromatic nitrogens is 1. The Balaban J connectivity index is 2.40. The van der Waals surface area contributed by atoms with Gasteiger partial charge in [-0.05, 0) is 11.5 Å². The fraction of sp³-hybridized carbons (Fsp3) is 0.214. The van der Waals surface area contributed by atoms with E-state index in [0.29, 0.717) is 6.54 Å². The van der Waals surface area contributed by atoms with Gasteiger partial charge in [-0.1, -0.05) is 35.6 Å².